The summed E-state index contributed by atoms with van der Waals surface area (Å²) < 4.78 is 10.6. The van der Waals surface area contributed by atoms with E-state index >= 15 is 0 Å². The lowest BCUT2D eigenvalue weighted by Crippen LogP contribution is -2.49. The monoisotopic (exact) mass is 328 g/mol. The summed E-state index contributed by atoms with van der Waals surface area (Å²) in [5.41, 5.74) is 6.38. The zero-order valence-electron chi connectivity index (χ0n) is 13.4. The van der Waals surface area contributed by atoms with Gasteiger partial charge in [-0.15, -0.1) is 12.4 Å². The molecule has 22 heavy (non-hydrogen) atoms. The molecule has 124 valence electrons. The van der Waals surface area contributed by atoms with Gasteiger partial charge in [-0.2, -0.15) is 0 Å². The van der Waals surface area contributed by atoms with Gasteiger partial charge in [-0.25, -0.2) is 0 Å². The average molecular weight is 329 g/mol. The number of piperidine rings is 1. The smallest absolute Gasteiger partial charge is 0.258 e. The number of benzene rings is 1. The molecule has 1 amide bonds. The van der Waals surface area contributed by atoms with Crippen LogP contribution >= 0.6 is 12.4 Å². The van der Waals surface area contributed by atoms with Crippen LogP contribution in [0.5, 0.6) is 11.5 Å². The molecule has 2 rings (SSSR count). The van der Waals surface area contributed by atoms with Crippen molar-refractivity contribution < 1.29 is 14.3 Å². The normalized spacial score (nSPS) is 21.0. The van der Waals surface area contributed by atoms with E-state index in [0.717, 1.165) is 19.4 Å². The number of nitrogens with zero attached hydrogens (tertiary/aromatic N) is 1. The minimum Gasteiger partial charge on any atom is -0.493 e. The van der Waals surface area contributed by atoms with Crippen molar-refractivity contribution in [2.24, 2.45) is 11.7 Å². The second kappa shape index (κ2) is 8.25. The van der Waals surface area contributed by atoms with E-state index in [4.69, 9.17) is 15.2 Å². The Labute approximate surface area is 138 Å². The van der Waals surface area contributed by atoms with E-state index in [0.29, 0.717) is 29.5 Å². The fourth-order valence-electron chi connectivity index (χ4n) is 2.95. The Morgan fingerprint density at radius 1 is 1.36 bits per heavy atom. The molecule has 1 aliphatic heterocycles. The van der Waals surface area contributed by atoms with Gasteiger partial charge in [0.15, 0.2) is 11.5 Å². The molecule has 0 aromatic heterocycles. The van der Waals surface area contributed by atoms with Crippen LogP contribution in [0, 0.1) is 5.92 Å². The van der Waals surface area contributed by atoms with Crippen LogP contribution in [0.1, 0.15) is 30.1 Å². The third-order valence-corrected chi connectivity index (χ3v) is 4.14. The predicted molar refractivity (Wildman–Crippen MR) is 89.1 cm³/mol. The van der Waals surface area contributed by atoms with E-state index < -0.39 is 0 Å². The highest BCUT2D eigenvalue weighted by atomic mass is 35.5. The van der Waals surface area contributed by atoms with E-state index in [1.807, 2.05) is 4.90 Å². The number of rotatable bonds is 4. The molecule has 1 heterocycles. The van der Waals surface area contributed by atoms with Crippen molar-refractivity contribution in [3.63, 3.8) is 0 Å². The number of carbonyl (C=O) groups is 1. The quantitative estimate of drug-likeness (QED) is 0.921. The van der Waals surface area contributed by atoms with E-state index in [-0.39, 0.29) is 24.4 Å². The van der Waals surface area contributed by atoms with Gasteiger partial charge >= 0.3 is 0 Å². The molecule has 5 nitrogen and oxygen atoms in total. The summed E-state index contributed by atoms with van der Waals surface area (Å²) in [6.45, 7) is 3.43. The van der Waals surface area contributed by atoms with Gasteiger partial charge in [-0.05, 0) is 30.9 Å². The lowest BCUT2D eigenvalue weighted by Gasteiger charge is -2.38. The average Bonchev–Trinajstić information content (AvgIpc) is 2.53. The maximum Gasteiger partial charge on any atom is 0.258 e. The second-order valence-corrected chi connectivity index (χ2v) is 5.56. The summed E-state index contributed by atoms with van der Waals surface area (Å²) in [5, 5.41) is 0. The molecule has 1 aliphatic rings. The van der Waals surface area contributed by atoms with Crippen molar-refractivity contribution >= 4 is 18.3 Å². The predicted octanol–water partition coefficient (Wildman–Crippen LogP) is 2.33. The Morgan fingerprint density at radius 3 is 2.68 bits per heavy atom. The molecule has 1 aromatic carbocycles. The molecule has 0 bridgehead atoms. The topological polar surface area (TPSA) is 64.8 Å². The molecular formula is C16H25ClN2O3. The molecule has 1 aromatic rings. The van der Waals surface area contributed by atoms with Gasteiger partial charge in [0, 0.05) is 19.1 Å². The van der Waals surface area contributed by atoms with E-state index in [1.165, 1.54) is 0 Å². The molecule has 2 unspecified atom stereocenters. The Bertz CT molecular complexity index is 510. The fourth-order valence-corrected chi connectivity index (χ4v) is 2.95. The Kier molecular flexibility index (Phi) is 6.97. The number of hydrogen-bond acceptors (Lipinski definition) is 4. The summed E-state index contributed by atoms with van der Waals surface area (Å²) in [6, 6.07) is 5.46. The number of likely N-dealkylation sites (tertiary alicyclic amines) is 1. The number of halogens is 1. The number of hydrogen-bond donors (Lipinski definition) is 1. The highest BCUT2D eigenvalue weighted by Gasteiger charge is 2.31. The number of ether oxygens (including phenoxy) is 2. The third-order valence-electron chi connectivity index (χ3n) is 4.14. The summed E-state index contributed by atoms with van der Waals surface area (Å²) in [4.78, 5) is 14.7. The van der Waals surface area contributed by atoms with Crippen molar-refractivity contribution in [1.82, 2.24) is 4.90 Å². The van der Waals surface area contributed by atoms with Crippen molar-refractivity contribution in [1.29, 1.82) is 0 Å². The zero-order chi connectivity index (χ0) is 15.4. The first kappa shape index (κ1) is 18.6. The van der Waals surface area contributed by atoms with E-state index in [9.17, 15) is 4.79 Å². The molecule has 0 spiro atoms. The first-order valence-corrected chi connectivity index (χ1v) is 7.34. The first-order valence-electron chi connectivity index (χ1n) is 7.34. The highest BCUT2D eigenvalue weighted by Crippen LogP contribution is 2.33. The van der Waals surface area contributed by atoms with Gasteiger partial charge in [-0.3, -0.25) is 4.79 Å². The van der Waals surface area contributed by atoms with Crippen molar-refractivity contribution in [3.8, 4) is 11.5 Å². The lowest BCUT2D eigenvalue weighted by atomic mass is 9.92. The van der Waals surface area contributed by atoms with Gasteiger partial charge in [0.2, 0.25) is 0 Å². The van der Waals surface area contributed by atoms with Crippen LogP contribution in [0.25, 0.3) is 0 Å². The van der Waals surface area contributed by atoms with Gasteiger partial charge in [-0.1, -0.05) is 13.0 Å². The number of para-hydroxylation sites is 1. The number of carbonyl (C=O) groups excluding carboxylic acids is 1. The van der Waals surface area contributed by atoms with Gasteiger partial charge < -0.3 is 20.1 Å². The maximum atomic E-state index is 12.9. The van der Waals surface area contributed by atoms with Crippen LogP contribution in [-0.4, -0.2) is 44.2 Å². The Hall–Kier alpha value is -1.46. The fraction of sp³-hybridized carbons (Fsp3) is 0.562. The summed E-state index contributed by atoms with van der Waals surface area (Å²) >= 11 is 0. The van der Waals surface area contributed by atoms with Crippen LogP contribution < -0.4 is 15.2 Å². The molecule has 0 radical (unpaired) electrons. The van der Waals surface area contributed by atoms with E-state index in [1.54, 1.807) is 32.4 Å². The van der Waals surface area contributed by atoms with Gasteiger partial charge in [0.25, 0.3) is 5.91 Å². The molecule has 2 atom stereocenters. The maximum absolute atomic E-state index is 12.9. The minimum absolute atomic E-state index is 0. The first-order chi connectivity index (χ1) is 10.1. The third kappa shape index (κ3) is 3.65. The summed E-state index contributed by atoms with van der Waals surface area (Å²) in [5.74, 6) is 1.63. The Morgan fingerprint density at radius 2 is 2.09 bits per heavy atom. The molecule has 1 fully saturated rings. The number of nitrogens with two attached hydrogens (primary N) is 1. The molecular weight excluding hydrogens is 304 g/mol. The van der Waals surface area contributed by atoms with Gasteiger partial charge in [0.1, 0.15) is 0 Å². The van der Waals surface area contributed by atoms with Crippen LogP contribution in [0.15, 0.2) is 18.2 Å². The SMILES string of the molecule is COc1cccc(C(=O)N2CCC(C)CC2CN)c1OC.Cl. The van der Waals surface area contributed by atoms with E-state index in [2.05, 4.69) is 6.92 Å². The van der Waals surface area contributed by atoms with Gasteiger partial charge in [0.05, 0.1) is 19.8 Å². The van der Waals surface area contributed by atoms with Crippen LogP contribution in [0.3, 0.4) is 0 Å². The molecule has 0 saturated carbocycles. The summed E-state index contributed by atoms with van der Waals surface area (Å²) in [6.07, 6.45) is 1.96. The van der Waals surface area contributed by atoms with Crippen molar-refractivity contribution in [2.45, 2.75) is 25.8 Å². The molecule has 1 saturated heterocycles. The minimum atomic E-state index is -0.0342. The van der Waals surface area contributed by atoms with Crippen LogP contribution in [0.4, 0.5) is 0 Å². The summed E-state index contributed by atoms with van der Waals surface area (Å²) in [7, 11) is 3.12. The highest BCUT2D eigenvalue weighted by molar-refractivity contribution is 5.98. The number of methoxy groups -OCH3 is 2. The van der Waals surface area contributed by atoms with Crippen LogP contribution in [-0.2, 0) is 0 Å². The molecule has 2 N–H and O–H groups in total. The second-order valence-electron chi connectivity index (χ2n) is 5.56. The zero-order valence-corrected chi connectivity index (χ0v) is 14.2. The molecule has 0 aliphatic carbocycles. The largest absolute Gasteiger partial charge is 0.493 e. The van der Waals surface area contributed by atoms with Crippen molar-refractivity contribution in [3.05, 3.63) is 23.8 Å². The molecule has 6 heteroatoms. The van der Waals surface area contributed by atoms with Crippen LogP contribution in [0.2, 0.25) is 0 Å². The Balaban J connectivity index is 0.00000242. The van der Waals surface area contributed by atoms with Crippen molar-refractivity contribution in [2.75, 3.05) is 27.3 Å². The number of amides is 1. The standard InChI is InChI=1S/C16H24N2O3.ClH/c1-11-7-8-18(12(9-11)10-17)16(19)13-5-4-6-14(20-2)15(13)21-3;/h4-6,11-12H,7-10,17H2,1-3H3;1H. The lowest BCUT2D eigenvalue weighted by molar-refractivity contribution is 0.0570.